The number of nitrogens with zero attached hydrogens (tertiary/aromatic N) is 4. The summed E-state index contributed by atoms with van der Waals surface area (Å²) >= 11 is 0. The highest BCUT2D eigenvalue weighted by Crippen LogP contribution is 2.53. The third kappa shape index (κ3) is 3.31. The number of hydrogen-bond acceptors (Lipinski definition) is 6. The number of pyridine rings is 1. The van der Waals surface area contributed by atoms with Crippen LogP contribution >= 0.6 is 0 Å². The average Bonchev–Trinajstić information content (AvgIpc) is 3.20. The Kier molecular flexibility index (Phi) is 4.18. The first kappa shape index (κ1) is 16.7. The van der Waals surface area contributed by atoms with Gasteiger partial charge in [0.05, 0.1) is 5.56 Å². The minimum absolute atomic E-state index is 0.0229. The van der Waals surface area contributed by atoms with Gasteiger partial charge in [-0.05, 0) is 50.2 Å². The Morgan fingerprint density at radius 2 is 1.96 bits per heavy atom. The molecule has 1 aliphatic heterocycles. The van der Waals surface area contributed by atoms with E-state index in [0.29, 0.717) is 22.5 Å². The number of likely N-dealkylation sites (tertiary alicyclic amines) is 1. The summed E-state index contributed by atoms with van der Waals surface area (Å²) < 4.78 is 4.68. The molecule has 2 amide bonds. The molecule has 8 nitrogen and oxygen atoms in total. The van der Waals surface area contributed by atoms with Crippen LogP contribution < -0.4 is 5.32 Å². The van der Waals surface area contributed by atoms with Crippen LogP contribution in [-0.4, -0.2) is 51.0 Å². The molecule has 0 aromatic carbocycles. The second-order valence-electron chi connectivity index (χ2n) is 7.21. The Morgan fingerprint density at radius 1 is 1.19 bits per heavy atom. The lowest BCUT2D eigenvalue weighted by Gasteiger charge is -2.33. The van der Waals surface area contributed by atoms with E-state index in [1.54, 1.807) is 19.1 Å². The van der Waals surface area contributed by atoms with E-state index in [-0.39, 0.29) is 11.8 Å². The van der Waals surface area contributed by atoms with Gasteiger partial charge in [0, 0.05) is 19.3 Å². The fraction of sp³-hybridized carbons (Fsp3) is 0.500. The second kappa shape index (κ2) is 6.51. The first-order chi connectivity index (χ1) is 12.6. The first-order valence-corrected chi connectivity index (χ1v) is 8.89. The molecule has 8 heteroatoms. The molecular formula is C18H21N5O3. The van der Waals surface area contributed by atoms with Gasteiger partial charge in [0.1, 0.15) is 11.7 Å². The van der Waals surface area contributed by atoms with Crippen LogP contribution in [0.15, 0.2) is 29.2 Å². The first-order valence-electron chi connectivity index (χ1n) is 8.89. The topological polar surface area (TPSA) is 101 Å². The predicted molar refractivity (Wildman–Crippen MR) is 91.9 cm³/mol. The van der Waals surface area contributed by atoms with Gasteiger partial charge in [-0.15, -0.1) is 0 Å². The zero-order chi connectivity index (χ0) is 18.1. The van der Waals surface area contributed by atoms with Crippen molar-refractivity contribution in [1.82, 2.24) is 25.3 Å². The second-order valence-corrected chi connectivity index (χ2v) is 7.21. The van der Waals surface area contributed by atoms with Crippen molar-refractivity contribution >= 4 is 11.8 Å². The molecule has 4 rings (SSSR count). The SMILES string of the molecule is C[C@H](NC(=O)c1ccc(-c2ncon2)nc1)C(=O)N1CCC2(CC1)CC2. The average molecular weight is 355 g/mol. The summed E-state index contributed by atoms with van der Waals surface area (Å²) in [5, 5.41) is 6.46. The lowest BCUT2D eigenvalue weighted by atomic mass is 9.93. The largest absolute Gasteiger partial charge is 0.342 e. The van der Waals surface area contributed by atoms with E-state index in [2.05, 4.69) is 25.0 Å². The molecule has 1 atom stereocenters. The highest BCUT2D eigenvalue weighted by Gasteiger charge is 2.45. The van der Waals surface area contributed by atoms with Gasteiger partial charge in [-0.2, -0.15) is 4.98 Å². The van der Waals surface area contributed by atoms with Gasteiger partial charge < -0.3 is 14.7 Å². The molecule has 0 bridgehead atoms. The van der Waals surface area contributed by atoms with Crippen molar-refractivity contribution in [2.45, 2.75) is 38.6 Å². The number of carbonyl (C=O) groups excluding carboxylic acids is 2. The highest BCUT2D eigenvalue weighted by atomic mass is 16.5. The van der Waals surface area contributed by atoms with Gasteiger partial charge >= 0.3 is 0 Å². The lowest BCUT2D eigenvalue weighted by molar-refractivity contribution is -0.134. The minimum Gasteiger partial charge on any atom is -0.342 e. The zero-order valence-corrected chi connectivity index (χ0v) is 14.6. The minimum atomic E-state index is -0.562. The maximum absolute atomic E-state index is 12.6. The van der Waals surface area contributed by atoms with Crippen LogP contribution in [0.5, 0.6) is 0 Å². The highest BCUT2D eigenvalue weighted by molar-refractivity contribution is 5.97. The van der Waals surface area contributed by atoms with Gasteiger partial charge in [-0.1, -0.05) is 5.16 Å². The summed E-state index contributed by atoms with van der Waals surface area (Å²) in [5.74, 6) is 0.0120. The summed E-state index contributed by atoms with van der Waals surface area (Å²) in [4.78, 5) is 34.9. The van der Waals surface area contributed by atoms with Crippen molar-refractivity contribution < 1.29 is 14.1 Å². The summed E-state index contributed by atoms with van der Waals surface area (Å²) in [6, 6.07) is 2.71. The number of hydrogen-bond donors (Lipinski definition) is 1. The molecule has 1 saturated carbocycles. The van der Waals surface area contributed by atoms with Crippen molar-refractivity contribution in [1.29, 1.82) is 0 Å². The predicted octanol–water partition coefficient (Wildman–Crippen LogP) is 1.65. The number of aromatic nitrogens is 3. The van der Waals surface area contributed by atoms with Crippen LogP contribution in [0.2, 0.25) is 0 Å². The van der Waals surface area contributed by atoms with Gasteiger partial charge in [-0.25, -0.2) is 0 Å². The fourth-order valence-corrected chi connectivity index (χ4v) is 3.44. The maximum Gasteiger partial charge on any atom is 0.253 e. The molecule has 2 fully saturated rings. The summed E-state index contributed by atoms with van der Waals surface area (Å²) in [7, 11) is 0. The Balaban J connectivity index is 1.34. The van der Waals surface area contributed by atoms with Gasteiger partial charge in [-0.3, -0.25) is 14.6 Å². The third-order valence-corrected chi connectivity index (χ3v) is 5.43. The van der Waals surface area contributed by atoms with Gasteiger partial charge in [0.15, 0.2) is 0 Å². The van der Waals surface area contributed by atoms with Crippen molar-refractivity contribution in [3.63, 3.8) is 0 Å². The Hall–Kier alpha value is -2.77. The molecule has 26 heavy (non-hydrogen) atoms. The molecule has 1 spiro atoms. The molecule has 136 valence electrons. The monoisotopic (exact) mass is 355 g/mol. The quantitative estimate of drug-likeness (QED) is 0.895. The Bertz CT molecular complexity index is 789. The van der Waals surface area contributed by atoms with E-state index in [1.165, 1.54) is 25.4 Å². The number of carbonyl (C=O) groups is 2. The van der Waals surface area contributed by atoms with Crippen LogP contribution in [-0.2, 0) is 4.79 Å². The van der Waals surface area contributed by atoms with E-state index in [1.807, 2.05) is 4.90 Å². The maximum atomic E-state index is 12.6. The molecule has 1 aliphatic carbocycles. The molecule has 2 aromatic heterocycles. The van der Waals surface area contributed by atoms with Crippen LogP contribution in [0.3, 0.4) is 0 Å². The molecular weight excluding hydrogens is 334 g/mol. The van der Waals surface area contributed by atoms with Crippen LogP contribution in [0, 0.1) is 5.41 Å². The summed E-state index contributed by atoms with van der Waals surface area (Å²) in [6.45, 7) is 3.31. The van der Waals surface area contributed by atoms with Crippen molar-refractivity contribution in [2.75, 3.05) is 13.1 Å². The lowest BCUT2D eigenvalue weighted by Crippen LogP contribution is -2.49. The molecule has 0 radical (unpaired) electrons. The fourth-order valence-electron chi connectivity index (χ4n) is 3.44. The Labute approximate surface area is 151 Å². The van der Waals surface area contributed by atoms with E-state index < -0.39 is 6.04 Å². The summed E-state index contributed by atoms with van der Waals surface area (Å²) in [5.41, 5.74) is 1.42. The normalized spacial score (nSPS) is 19.2. The standard InChI is InChI=1S/C18H21N5O3/c1-12(17(25)23-8-6-18(4-5-18)7-9-23)21-16(24)13-2-3-14(19-10-13)15-20-11-26-22-15/h2-3,10-12H,4-9H2,1H3,(H,21,24)/t12-/m0/s1. The smallest absolute Gasteiger partial charge is 0.253 e. The zero-order valence-electron chi connectivity index (χ0n) is 14.6. The Morgan fingerprint density at radius 3 is 2.54 bits per heavy atom. The van der Waals surface area contributed by atoms with E-state index in [4.69, 9.17) is 0 Å². The number of nitrogens with one attached hydrogen (secondary N) is 1. The van der Waals surface area contributed by atoms with Crippen LogP contribution in [0.1, 0.15) is 43.0 Å². The molecule has 1 N–H and O–H groups in total. The number of amides is 2. The number of rotatable bonds is 4. The van der Waals surface area contributed by atoms with Crippen LogP contribution in [0.25, 0.3) is 11.5 Å². The third-order valence-electron chi connectivity index (χ3n) is 5.43. The molecule has 3 heterocycles. The van der Waals surface area contributed by atoms with E-state index in [9.17, 15) is 9.59 Å². The molecule has 2 aromatic rings. The van der Waals surface area contributed by atoms with Crippen molar-refractivity contribution in [2.24, 2.45) is 5.41 Å². The van der Waals surface area contributed by atoms with Crippen LogP contribution in [0.4, 0.5) is 0 Å². The van der Waals surface area contributed by atoms with E-state index >= 15 is 0 Å². The molecule has 2 aliphatic rings. The van der Waals surface area contributed by atoms with Crippen molar-refractivity contribution in [3.8, 4) is 11.5 Å². The summed E-state index contributed by atoms with van der Waals surface area (Å²) in [6.07, 6.45) is 7.43. The number of piperidine rings is 1. The van der Waals surface area contributed by atoms with Gasteiger partial charge in [0.25, 0.3) is 5.91 Å². The van der Waals surface area contributed by atoms with E-state index in [0.717, 1.165) is 25.9 Å². The molecule has 0 unspecified atom stereocenters. The van der Waals surface area contributed by atoms with Crippen molar-refractivity contribution in [3.05, 3.63) is 30.3 Å². The van der Waals surface area contributed by atoms with Gasteiger partial charge in [0.2, 0.25) is 18.1 Å². The molecule has 1 saturated heterocycles.